The Morgan fingerprint density at radius 3 is 1.00 bits per heavy atom. The van der Waals surface area contributed by atoms with Crippen molar-refractivity contribution in [3.8, 4) is 0 Å². The summed E-state index contributed by atoms with van der Waals surface area (Å²) in [6.45, 7) is 0. The van der Waals surface area contributed by atoms with Gasteiger partial charge in [0.15, 0.2) is 0 Å². The highest BCUT2D eigenvalue weighted by atomic mass is 31.2. The first-order chi connectivity index (χ1) is 3.46. The number of rotatable bonds is 0. The predicted molar refractivity (Wildman–Crippen MR) is 33.2 cm³/mol. The highest BCUT2D eigenvalue weighted by Gasteiger charge is 1.76. The van der Waals surface area contributed by atoms with Crippen LogP contribution in [0, 0.1) is 0 Å². The summed E-state index contributed by atoms with van der Waals surface area (Å²) in [6.07, 6.45) is 0. The molecule has 0 saturated carbocycles. The minimum Gasteiger partial charge on any atom is -0.328 e. The van der Waals surface area contributed by atoms with Gasteiger partial charge in [0.1, 0.15) is 0 Å². The standard InChI is InChI=1S/C3H9N.H3O3P/c2*1-4(2)3/h1-3H3;1-3H. The molecule has 0 aliphatic carbocycles. The summed E-state index contributed by atoms with van der Waals surface area (Å²) in [7, 11) is 3.38. The van der Waals surface area contributed by atoms with Crippen LogP contribution < -0.4 is 0 Å². The molecule has 0 unspecified atom stereocenters. The van der Waals surface area contributed by atoms with Crippen molar-refractivity contribution in [2.45, 2.75) is 0 Å². The first kappa shape index (κ1) is 11.1. The lowest BCUT2D eigenvalue weighted by Crippen LogP contribution is -1.99. The van der Waals surface area contributed by atoms with Crippen LogP contribution in [0.1, 0.15) is 0 Å². The van der Waals surface area contributed by atoms with Crippen molar-refractivity contribution in [1.82, 2.24) is 4.90 Å². The van der Waals surface area contributed by atoms with Crippen molar-refractivity contribution < 1.29 is 14.7 Å². The average Bonchev–Trinajstić information content (AvgIpc) is 1.25. The second-order valence-corrected chi connectivity index (χ2v) is 2.15. The molecule has 0 spiro atoms. The fourth-order valence-corrected chi connectivity index (χ4v) is 0. The van der Waals surface area contributed by atoms with E-state index in [1.54, 1.807) is 0 Å². The highest BCUT2D eigenvalue weighted by molar-refractivity contribution is 7.38. The molecule has 0 bridgehead atoms. The molecule has 0 aromatic carbocycles. The van der Waals surface area contributed by atoms with Gasteiger partial charge in [-0.2, -0.15) is 0 Å². The van der Waals surface area contributed by atoms with Crippen LogP contribution in [0.4, 0.5) is 0 Å². The Hall–Kier alpha value is 0.270. The lowest BCUT2D eigenvalue weighted by Gasteiger charge is -1.90. The Bertz CT molecular complexity index is 30.0. The Morgan fingerprint density at radius 2 is 1.00 bits per heavy atom. The molecule has 0 heterocycles. The average molecular weight is 141 g/mol. The summed E-state index contributed by atoms with van der Waals surface area (Å²) in [4.78, 5) is 23.7. The minimum absolute atomic E-state index is 2.00. The van der Waals surface area contributed by atoms with Gasteiger partial charge in [-0.05, 0) is 21.1 Å². The molecule has 0 aromatic rings. The number of nitrogens with zero attached hydrogens (tertiary/aromatic N) is 1. The van der Waals surface area contributed by atoms with Crippen LogP contribution in [0.15, 0.2) is 0 Å². The van der Waals surface area contributed by atoms with Crippen molar-refractivity contribution in [3.63, 3.8) is 0 Å². The van der Waals surface area contributed by atoms with Crippen LogP contribution in [0.25, 0.3) is 0 Å². The van der Waals surface area contributed by atoms with Gasteiger partial charge < -0.3 is 19.6 Å². The summed E-state index contributed by atoms with van der Waals surface area (Å²) in [6, 6.07) is 0. The maximum Gasteiger partial charge on any atom is 0.324 e. The van der Waals surface area contributed by atoms with Gasteiger partial charge in [0, 0.05) is 0 Å². The van der Waals surface area contributed by atoms with E-state index in [0.717, 1.165) is 0 Å². The molecule has 0 fully saturated rings. The van der Waals surface area contributed by atoms with E-state index in [1.807, 2.05) is 26.0 Å². The van der Waals surface area contributed by atoms with Crippen molar-refractivity contribution in [1.29, 1.82) is 0 Å². The highest BCUT2D eigenvalue weighted by Crippen LogP contribution is 2.11. The van der Waals surface area contributed by atoms with Gasteiger partial charge in [-0.25, -0.2) is 0 Å². The van der Waals surface area contributed by atoms with E-state index in [4.69, 9.17) is 14.7 Å². The summed E-state index contributed by atoms with van der Waals surface area (Å²) >= 11 is 0. The second-order valence-electron chi connectivity index (χ2n) is 1.61. The fraction of sp³-hybridized carbons (Fsp3) is 1.00. The maximum atomic E-state index is 7.23. The molecule has 52 valence electrons. The molecule has 5 heteroatoms. The van der Waals surface area contributed by atoms with Crippen molar-refractivity contribution >= 4 is 8.60 Å². The van der Waals surface area contributed by atoms with Crippen LogP contribution in [-0.4, -0.2) is 40.7 Å². The van der Waals surface area contributed by atoms with Crippen molar-refractivity contribution in [3.05, 3.63) is 0 Å². The number of hydrogen-bond donors (Lipinski definition) is 3. The maximum absolute atomic E-state index is 7.23. The summed E-state index contributed by atoms with van der Waals surface area (Å²) < 4.78 is 0. The Labute approximate surface area is 50.4 Å². The van der Waals surface area contributed by atoms with Crippen molar-refractivity contribution in [2.24, 2.45) is 0 Å². The van der Waals surface area contributed by atoms with Gasteiger partial charge in [0.25, 0.3) is 0 Å². The van der Waals surface area contributed by atoms with E-state index in [-0.39, 0.29) is 0 Å². The SMILES string of the molecule is CN(C)C.OP(O)O. The first-order valence-corrected chi connectivity index (χ1v) is 3.14. The van der Waals surface area contributed by atoms with Crippen LogP contribution in [0.5, 0.6) is 0 Å². The van der Waals surface area contributed by atoms with Crippen LogP contribution in [-0.2, 0) is 0 Å². The van der Waals surface area contributed by atoms with E-state index in [9.17, 15) is 0 Å². The lowest BCUT2D eigenvalue weighted by atomic mass is 11.0. The summed E-state index contributed by atoms with van der Waals surface area (Å²) in [5.41, 5.74) is 0. The molecular formula is C3H12NO3P. The molecule has 0 saturated heterocycles. The Morgan fingerprint density at radius 1 is 1.00 bits per heavy atom. The lowest BCUT2D eigenvalue weighted by molar-refractivity contribution is 0.368. The molecule has 0 aliphatic rings. The molecular weight excluding hydrogens is 129 g/mol. The Balaban J connectivity index is 0. The first-order valence-electron chi connectivity index (χ1n) is 1.94. The van der Waals surface area contributed by atoms with E-state index in [2.05, 4.69) is 0 Å². The minimum atomic E-state index is -2.62. The zero-order valence-corrected chi connectivity index (χ0v) is 6.13. The molecule has 0 radical (unpaired) electrons. The molecule has 0 atom stereocenters. The van der Waals surface area contributed by atoms with E-state index in [1.165, 1.54) is 0 Å². The largest absolute Gasteiger partial charge is 0.328 e. The van der Waals surface area contributed by atoms with Gasteiger partial charge in [-0.1, -0.05) is 0 Å². The molecule has 0 aromatic heterocycles. The quantitative estimate of drug-likeness (QED) is 0.393. The third kappa shape index (κ3) is 2390. The van der Waals surface area contributed by atoms with E-state index >= 15 is 0 Å². The van der Waals surface area contributed by atoms with Gasteiger partial charge in [0.05, 0.1) is 0 Å². The van der Waals surface area contributed by atoms with E-state index in [0.29, 0.717) is 0 Å². The zero-order chi connectivity index (χ0) is 7.15. The zero-order valence-electron chi connectivity index (χ0n) is 5.24. The van der Waals surface area contributed by atoms with E-state index < -0.39 is 8.60 Å². The van der Waals surface area contributed by atoms with Crippen LogP contribution in [0.3, 0.4) is 0 Å². The van der Waals surface area contributed by atoms with Crippen LogP contribution >= 0.6 is 8.60 Å². The smallest absolute Gasteiger partial charge is 0.324 e. The molecule has 0 aliphatic heterocycles. The Kier molecular flexibility index (Phi) is 10.1. The normalized spacial score (nSPS) is 9.00. The molecule has 3 N–H and O–H groups in total. The fourth-order valence-electron chi connectivity index (χ4n) is 0. The van der Waals surface area contributed by atoms with Gasteiger partial charge >= 0.3 is 8.60 Å². The van der Waals surface area contributed by atoms with Gasteiger partial charge in [-0.3, -0.25) is 0 Å². The summed E-state index contributed by atoms with van der Waals surface area (Å²) in [5, 5.41) is 0. The summed E-state index contributed by atoms with van der Waals surface area (Å²) in [5.74, 6) is 0. The second kappa shape index (κ2) is 7.27. The monoisotopic (exact) mass is 141 g/mol. The molecule has 0 rings (SSSR count). The predicted octanol–water partition coefficient (Wildman–Crippen LogP) is -0.632. The third-order valence-corrected chi connectivity index (χ3v) is 0. The number of hydrogen-bond acceptors (Lipinski definition) is 4. The van der Waals surface area contributed by atoms with Crippen LogP contribution in [0.2, 0.25) is 0 Å². The van der Waals surface area contributed by atoms with Crippen molar-refractivity contribution in [2.75, 3.05) is 21.1 Å². The van der Waals surface area contributed by atoms with Gasteiger partial charge in [-0.15, -0.1) is 0 Å². The topological polar surface area (TPSA) is 63.9 Å². The third-order valence-electron chi connectivity index (χ3n) is 0. The van der Waals surface area contributed by atoms with Gasteiger partial charge in [0.2, 0.25) is 0 Å². The molecule has 8 heavy (non-hydrogen) atoms. The molecule has 4 nitrogen and oxygen atoms in total. The molecule has 0 amide bonds.